The molecule has 0 amide bonds. The van der Waals surface area contributed by atoms with Crippen LogP contribution in [0.1, 0.15) is 133 Å². The first-order valence-electron chi connectivity index (χ1n) is 37.0. The molecule has 1 aromatic carbocycles. The highest BCUT2D eigenvalue weighted by Crippen LogP contribution is 2.82. The molecule has 12 rings (SSSR count). The Labute approximate surface area is 613 Å². The van der Waals surface area contributed by atoms with Crippen molar-refractivity contribution < 1.29 is 158 Å². The van der Waals surface area contributed by atoms with Gasteiger partial charge in [0, 0.05) is 28.4 Å². The zero-order chi connectivity index (χ0) is 77.4. The molecule has 11 aliphatic rings. The summed E-state index contributed by atoms with van der Waals surface area (Å²) in [6.07, 6.45) is -47.3. The summed E-state index contributed by atoms with van der Waals surface area (Å²) in [7, 11) is 0. The number of aliphatic carboxylic acids is 1. The van der Waals surface area contributed by atoms with Crippen LogP contribution in [-0.2, 0) is 76.0 Å². The Morgan fingerprint density at radius 3 is 1.69 bits per heavy atom. The largest absolute Gasteiger partial charge is 0.479 e. The van der Waals surface area contributed by atoms with Crippen LogP contribution in [0.3, 0.4) is 0 Å². The van der Waals surface area contributed by atoms with E-state index in [1.54, 1.807) is 26.0 Å². The van der Waals surface area contributed by atoms with Crippen LogP contribution in [0, 0.1) is 50.2 Å². The average Bonchev–Trinajstić information content (AvgIpc) is 1.39. The Bertz CT molecular complexity index is 3340. The van der Waals surface area contributed by atoms with Crippen molar-refractivity contribution in [2.24, 2.45) is 50.2 Å². The van der Waals surface area contributed by atoms with Crippen molar-refractivity contribution >= 4 is 24.0 Å². The first-order chi connectivity index (χ1) is 49.7. The number of hydrogen-bond acceptors (Lipinski definition) is 31. The molecule has 5 saturated carbocycles. The minimum absolute atomic E-state index is 0.0915. The second kappa shape index (κ2) is 30.2. The molecule has 2 bridgehead atoms. The van der Waals surface area contributed by atoms with Crippen LogP contribution in [0.4, 0.5) is 0 Å². The highest BCUT2D eigenvalue weighted by Gasteiger charge is 2.86. The molecule has 106 heavy (non-hydrogen) atoms. The fourth-order valence-corrected chi connectivity index (χ4v) is 21.2. The molecule has 0 radical (unpaired) electrons. The molecule has 16 N–H and O–H groups in total. The van der Waals surface area contributed by atoms with Gasteiger partial charge >= 0.3 is 17.9 Å². The Morgan fingerprint density at radius 2 is 1.07 bits per heavy atom. The predicted octanol–water partition coefficient (Wildman–Crippen LogP) is -1.34. The summed E-state index contributed by atoms with van der Waals surface area (Å²) in [6, 6.07) is 9.10. The van der Waals surface area contributed by atoms with Gasteiger partial charge in [-0.2, -0.15) is 0 Å². The van der Waals surface area contributed by atoms with Gasteiger partial charge in [-0.25, -0.2) is 14.4 Å². The number of carbonyl (C=O) groups is 3. The number of aliphatic hydroxyl groups is 15. The topological polar surface area (TPSA) is 495 Å². The standard InChI is InChI=1S/C74H110O32/c1-12-30(2)61(92)105-58-59(99-41(78)19-18-33-16-14-13-15-17-33)74-38(26-68(58,5)6)73(106-67(74)93)25-21-37-70(9)23-22-40(69(7,8)36(70)20-24-71(37,10)72(73,11)27-39(74)77)98-66-57(104-63-51(88)47(84)44(81)34(28-75)96-63)53(52(89)54(101-66)60(90)91)100-65-56(49(86)45(82)35(29-76)97-65)103-64-55(48(85)43(80)32(4)95-64)102-62-50(87)46(83)42(79)31(3)94-62/h12-19,31-32,34-40,42-59,62-67,75-77,79-89,93H,20-29H2,1-11H3,(H,90,91)/b19-18-,30-12+/t31-,32-,34+,35+,36?,37+,38?,39+,40-,42-,43-,44-,45-,46+,47-,48+,49-,50+,51+,52-,53-,54-,55+,56+,57+,58-,59-,62+,63-,64+,65-,66+,67-,70-,71+,72-,73-,74+/m0/s1. The van der Waals surface area contributed by atoms with Crippen molar-refractivity contribution in [3.8, 4) is 0 Å². The van der Waals surface area contributed by atoms with Crippen molar-refractivity contribution in [2.45, 2.75) is 317 Å². The molecule has 6 heterocycles. The number of fused-ring (bicyclic) bond motifs is 4. The minimum Gasteiger partial charge on any atom is -0.479 e. The maximum Gasteiger partial charge on any atom is 0.335 e. The van der Waals surface area contributed by atoms with Crippen LogP contribution in [-0.4, -0.2) is 303 Å². The molecule has 11 fully saturated rings. The van der Waals surface area contributed by atoms with E-state index in [1.807, 2.05) is 58.0 Å². The molecule has 32 heteroatoms. The number of aliphatic hydroxyl groups excluding tert-OH is 15. The van der Waals surface area contributed by atoms with E-state index in [2.05, 4.69) is 20.8 Å². The molecule has 32 nitrogen and oxygen atoms in total. The number of carboxylic acid groups (broad SMARTS) is 1. The van der Waals surface area contributed by atoms with E-state index in [4.69, 9.17) is 61.6 Å². The Kier molecular flexibility index (Phi) is 23.2. The third-order valence-electron chi connectivity index (χ3n) is 27.3. The maximum atomic E-state index is 14.3. The summed E-state index contributed by atoms with van der Waals surface area (Å²) in [5.41, 5.74) is -5.73. The SMILES string of the molecule is C/C=C(\C)C(=O)O[C@H]1[C@H](OC(=O)/C=C\c2ccccc2)[C@@]23C(CC1(C)C)[C@]1(CC[C@@H]4[C@@]5(C)CC[C@H](O[C@@H]6O[C@H](C(=O)O)[C@@H](O)[C@H](O[C@@H]7O[C@H](CO)[C@H](O)[C@H](O)[C@H]7O[C@H]7O[C@@H](C)[C@H](O)[C@@H](O)[C@H]7O[C@H]7O[C@@H](C)[C@H](O)[C@@H](O)[C@H]7O)[C@H]6O[C@@H]6O[C@H](CO)[C@H](O)[C@H](O)[C@H]6O)C(C)(C)C5CC[C@@]4(C)[C@]1(C)C[C@H]2O)O[C@@H]3O. The van der Waals surface area contributed by atoms with Crippen molar-refractivity contribution in [3.05, 3.63) is 53.6 Å². The lowest BCUT2D eigenvalue weighted by atomic mass is 9.30. The second-order valence-electron chi connectivity index (χ2n) is 33.6. The summed E-state index contributed by atoms with van der Waals surface area (Å²) in [4.78, 5) is 41.7. The molecule has 5 aliphatic carbocycles. The Morgan fingerprint density at radius 1 is 0.538 bits per heavy atom. The molecule has 2 unspecified atom stereocenters. The van der Waals surface area contributed by atoms with Crippen LogP contribution in [0.15, 0.2) is 48.1 Å². The molecule has 38 atom stereocenters. The van der Waals surface area contributed by atoms with E-state index in [0.29, 0.717) is 49.7 Å². The summed E-state index contributed by atoms with van der Waals surface area (Å²) in [5, 5.41) is 182. The molecule has 1 spiro atoms. The molecular weight excluding hydrogens is 1400 g/mol. The number of ether oxygens (including phenoxy) is 13. The molecular formula is C74H110O32. The number of hydrogen-bond donors (Lipinski definition) is 16. The zero-order valence-electron chi connectivity index (χ0n) is 61.4. The molecule has 1 aromatic rings. The Hall–Kier alpha value is -3.93. The van der Waals surface area contributed by atoms with Crippen LogP contribution >= 0.6 is 0 Å². The van der Waals surface area contributed by atoms with Gasteiger partial charge in [0.25, 0.3) is 0 Å². The lowest BCUT2D eigenvalue weighted by molar-refractivity contribution is -0.412. The van der Waals surface area contributed by atoms with Crippen LogP contribution < -0.4 is 0 Å². The monoisotopic (exact) mass is 1510 g/mol. The van der Waals surface area contributed by atoms with E-state index in [0.717, 1.165) is 0 Å². The lowest BCUT2D eigenvalue weighted by Gasteiger charge is -2.75. The second-order valence-corrected chi connectivity index (χ2v) is 33.6. The number of carbonyl (C=O) groups excluding carboxylic acids is 2. The third-order valence-corrected chi connectivity index (χ3v) is 27.3. The van der Waals surface area contributed by atoms with E-state index < -0.39 is 259 Å². The van der Waals surface area contributed by atoms with Crippen LogP contribution in [0.2, 0.25) is 0 Å². The van der Waals surface area contributed by atoms with Crippen molar-refractivity contribution in [3.63, 3.8) is 0 Å². The number of allylic oxidation sites excluding steroid dienone is 1. The average molecular weight is 1510 g/mol. The van der Waals surface area contributed by atoms with Gasteiger partial charge in [0.15, 0.2) is 49.9 Å². The number of esters is 2. The quantitative estimate of drug-likeness (QED) is 0.0460. The number of carboxylic acids is 1. The van der Waals surface area contributed by atoms with E-state index in [-0.39, 0.29) is 24.7 Å². The van der Waals surface area contributed by atoms with Crippen molar-refractivity contribution in [1.29, 1.82) is 0 Å². The normalized spacial score (nSPS) is 51.3. The summed E-state index contributed by atoms with van der Waals surface area (Å²) in [6.45, 7) is 18.5. The fraction of sp³-hybridized carbons (Fsp3) is 0.824. The van der Waals surface area contributed by atoms with E-state index in [9.17, 15) is 96.1 Å². The molecule has 6 aliphatic heterocycles. The van der Waals surface area contributed by atoms with Crippen molar-refractivity contribution in [1.82, 2.24) is 0 Å². The fourth-order valence-electron chi connectivity index (χ4n) is 21.2. The first kappa shape index (κ1) is 81.6. The van der Waals surface area contributed by atoms with Gasteiger partial charge in [-0.05, 0) is 119 Å². The van der Waals surface area contributed by atoms with Gasteiger partial charge in [0.05, 0.1) is 48.6 Å². The van der Waals surface area contributed by atoms with Crippen molar-refractivity contribution in [2.75, 3.05) is 13.2 Å². The summed E-state index contributed by atoms with van der Waals surface area (Å²) >= 11 is 0. The predicted molar refractivity (Wildman–Crippen MR) is 359 cm³/mol. The van der Waals surface area contributed by atoms with E-state index >= 15 is 0 Å². The van der Waals surface area contributed by atoms with Gasteiger partial charge in [-0.15, -0.1) is 0 Å². The molecule has 0 aromatic heterocycles. The molecule has 598 valence electrons. The Balaban J connectivity index is 0.856. The maximum absolute atomic E-state index is 14.3. The van der Waals surface area contributed by atoms with Gasteiger partial charge in [0.1, 0.15) is 110 Å². The first-order valence-corrected chi connectivity index (χ1v) is 37.0. The third kappa shape index (κ3) is 13.3. The molecule has 6 saturated heterocycles. The number of benzene rings is 1. The number of rotatable bonds is 18. The van der Waals surface area contributed by atoms with Gasteiger partial charge in [-0.3, -0.25) is 0 Å². The highest BCUT2D eigenvalue weighted by molar-refractivity contribution is 5.88. The summed E-state index contributed by atoms with van der Waals surface area (Å²) in [5.74, 6) is -4.20. The smallest absolute Gasteiger partial charge is 0.335 e. The zero-order valence-corrected chi connectivity index (χ0v) is 61.4. The van der Waals surface area contributed by atoms with Crippen LogP contribution in [0.25, 0.3) is 6.08 Å². The summed E-state index contributed by atoms with van der Waals surface area (Å²) < 4.78 is 82.1. The van der Waals surface area contributed by atoms with E-state index in [1.165, 1.54) is 19.9 Å². The van der Waals surface area contributed by atoms with Crippen LogP contribution in [0.5, 0.6) is 0 Å². The minimum atomic E-state index is -2.38. The highest BCUT2D eigenvalue weighted by atomic mass is 16.8. The van der Waals surface area contributed by atoms with Gasteiger partial charge in [-0.1, -0.05) is 84.9 Å². The van der Waals surface area contributed by atoms with Gasteiger partial charge in [0.2, 0.25) is 0 Å². The van der Waals surface area contributed by atoms with Gasteiger partial charge < -0.3 is 143 Å². The lowest BCUT2D eigenvalue weighted by Crippen LogP contribution is -2.77.